The monoisotopic (exact) mass is 327 g/mol. The maximum Gasteiger partial charge on any atom is 0.227 e. The summed E-state index contributed by atoms with van der Waals surface area (Å²) in [5, 5.41) is 3.26. The molecule has 2 aliphatic carbocycles. The maximum absolute atomic E-state index is 12.7. The Morgan fingerprint density at radius 2 is 1.75 bits per heavy atom. The van der Waals surface area contributed by atoms with Crippen molar-refractivity contribution in [3.63, 3.8) is 0 Å². The minimum Gasteiger partial charge on any atom is -0.370 e. The standard InChI is InChI=1S/C20H29N3O/c24-20(15-8-3-1-4-9-15)22-18-14-21-17-11-7-10-16(17)19(18)23-12-5-2-6-13-23/h14-15H,1-13H2,(H,22,24). The van der Waals surface area contributed by atoms with Crippen LogP contribution in [0.4, 0.5) is 11.4 Å². The van der Waals surface area contributed by atoms with Crippen molar-refractivity contribution in [2.24, 2.45) is 5.92 Å². The number of aryl methyl sites for hydroxylation is 1. The average Bonchev–Trinajstić information content (AvgIpc) is 3.11. The van der Waals surface area contributed by atoms with Gasteiger partial charge >= 0.3 is 0 Å². The molecule has 1 N–H and O–H groups in total. The van der Waals surface area contributed by atoms with E-state index in [1.807, 2.05) is 6.20 Å². The van der Waals surface area contributed by atoms with Gasteiger partial charge in [0.25, 0.3) is 0 Å². The van der Waals surface area contributed by atoms with Gasteiger partial charge in [-0.3, -0.25) is 9.78 Å². The number of piperidine rings is 1. The summed E-state index contributed by atoms with van der Waals surface area (Å²) in [4.78, 5) is 19.9. The van der Waals surface area contributed by atoms with Gasteiger partial charge in [-0.05, 0) is 56.9 Å². The van der Waals surface area contributed by atoms with Gasteiger partial charge in [0.15, 0.2) is 0 Å². The fraction of sp³-hybridized carbons (Fsp3) is 0.700. The number of fused-ring (bicyclic) bond motifs is 1. The van der Waals surface area contributed by atoms with Gasteiger partial charge in [-0.2, -0.15) is 0 Å². The molecule has 4 nitrogen and oxygen atoms in total. The van der Waals surface area contributed by atoms with Crippen molar-refractivity contribution in [3.05, 3.63) is 17.5 Å². The molecule has 4 heteroatoms. The third kappa shape index (κ3) is 3.15. The summed E-state index contributed by atoms with van der Waals surface area (Å²) < 4.78 is 0. The molecule has 0 aromatic carbocycles. The molecule has 0 atom stereocenters. The molecule has 0 unspecified atom stereocenters. The van der Waals surface area contributed by atoms with Crippen molar-refractivity contribution in [1.29, 1.82) is 0 Å². The molecule has 1 amide bonds. The summed E-state index contributed by atoms with van der Waals surface area (Å²) in [6.07, 6.45) is 14.9. The Balaban J connectivity index is 1.60. The Morgan fingerprint density at radius 3 is 2.54 bits per heavy atom. The van der Waals surface area contributed by atoms with Crippen molar-refractivity contribution in [2.45, 2.75) is 70.6 Å². The van der Waals surface area contributed by atoms with E-state index in [0.29, 0.717) is 0 Å². The quantitative estimate of drug-likeness (QED) is 0.910. The molecule has 4 rings (SSSR count). The van der Waals surface area contributed by atoms with E-state index in [0.717, 1.165) is 44.5 Å². The molecule has 1 aliphatic heterocycles. The number of rotatable bonds is 3. The molecule has 0 spiro atoms. The minimum atomic E-state index is 0.196. The Hall–Kier alpha value is -1.58. The Labute approximate surface area is 145 Å². The van der Waals surface area contributed by atoms with Crippen LogP contribution in [0.25, 0.3) is 0 Å². The van der Waals surface area contributed by atoms with Gasteiger partial charge in [0.05, 0.1) is 17.6 Å². The van der Waals surface area contributed by atoms with Gasteiger partial charge in [-0.25, -0.2) is 0 Å². The van der Waals surface area contributed by atoms with Crippen LogP contribution in [-0.4, -0.2) is 24.0 Å². The maximum atomic E-state index is 12.7. The van der Waals surface area contributed by atoms with Gasteiger partial charge in [0, 0.05) is 24.7 Å². The van der Waals surface area contributed by atoms with E-state index in [1.165, 1.54) is 61.9 Å². The van der Waals surface area contributed by atoms with Gasteiger partial charge in [-0.1, -0.05) is 19.3 Å². The number of carbonyl (C=O) groups is 1. The average molecular weight is 327 g/mol. The predicted octanol–water partition coefficient (Wildman–Crippen LogP) is 4.08. The lowest BCUT2D eigenvalue weighted by Crippen LogP contribution is -2.32. The number of pyridine rings is 1. The smallest absolute Gasteiger partial charge is 0.227 e. The molecule has 2 heterocycles. The Morgan fingerprint density at radius 1 is 1.00 bits per heavy atom. The summed E-state index contributed by atoms with van der Waals surface area (Å²) in [5.74, 6) is 0.411. The van der Waals surface area contributed by atoms with E-state index in [4.69, 9.17) is 0 Å². The molecular formula is C20H29N3O. The van der Waals surface area contributed by atoms with Crippen molar-refractivity contribution in [1.82, 2.24) is 4.98 Å². The first-order valence-electron chi connectivity index (χ1n) is 9.89. The highest BCUT2D eigenvalue weighted by Gasteiger charge is 2.27. The number of hydrogen-bond acceptors (Lipinski definition) is 3. The zero-order chi connectivity index (χ0) is 16.4. The van der Waals surface area contributed by atoms with E-state index < -0.39 is 0 Å². The number of aromatic nitrogens is 1. The number of amides is 1. The van der Waals surface area contributed by atoms with Crippen molar-refractivity contribution >= 4 is 17.3 Å². The molecule has 1 saturated heterocycles. The lowest BCUT2D eigenvalue weighted by Gasteiger charge is -2.32. The van der Waals surface area contributed by atoms with Crippen LogP contribution in [0.5, 0.6) is 0 Å². The number of nitrogens with zero attached hydrogens (tertiary/aromatic N) is 2. The second-order valence-corrected chi connectivity index (χ2v) is 7.67. The fourth-order valence-corrected chi connectivity index (χ4v) is 4.66. The van der Waals surface area contributed by atoms with Crippen molar-refractivity contribution in [2.75, 3.05) is 23.3 Å². The van der Waals surface area contributed by atoms with Crippen LogP contribution in [0.15, 0.2) is 6.20 Å². The van der Waals surface area contributed by atoms with E-state index in [-0.39, 0.29) is 11.8 Å². The van der Waals surface area contributed by atoms with Crippen LogP contribution < -0.4 is 10.2 Å². The Bertz CT molecular complexity index is 601. The van der Waals surface area contributed by atoms with E-state index >= 15 is 0 Å². The summed E-state index contributed by atoms with van der Waals surface area (Å²) in [7, 11) is 0. The first-order chi connectivity index (χ1) is 11.8. The molecule has 0 radical (unpaired) electrons. The van der Waals surface area contributed by atoms with E-state index in [9.17, 15) is 4.79 Å². The third-order valence-electron chi connectivity index (χ3n) is 5.99. The predicted molar refractivity (Wildman–Crippen MR) is 97.5 cm³/mol. The van der Waals surface area contributed by atoms with Gasteiger partial charge in [-0.15, -0.1) is 0 Å². The second-order valence-electron chi connectivity index (χ2n) is 7.67. The van der Waals surface area contributed by atoms with Crippen LogP contribution in [0.1, 0.15) is 69.0 Å². The zero-order valence-electron chi connectivity index (χ0n) is 14.6. The zero-order valence-corrected chi connectivity index (χ0v) is 14.6. The summed E-state index contributed by atoms with van der Waals surface area (Å²) in [5.41, 5.74) is 4.92. The molecule has 1 aromatic heterocycles. The number of nitrogens with one attached hydrogen (secondary N) is 1. The van der Waals surface area contributed by atoms with Gasteiger partial charge < -0.3 is 10.2 Å². The van der Waals surface area contributed by atoms with Gasteiger partial charge in [0.1, 0.15) is 0 Å². The largest absolute Gasteiger partial charge is 0.370 e. The Kier molecular flexibility index (Phi) is 4.72. The first-order valence-corrected chi connectivity index (χ1v) is 9.89. The molecule has 24 heavy (non-hydrogen) atoms. The van der Waals surface area contributed by atoms with Gasteiger partial charge in [0.2, 0.25) is 5.91 Å². The minimum absolute atomic E-state index is 0.196. The summed E-state index contributed by atoms with van der Waals surface area (Å²) in [6, 6.07) is 0. The summed E-state index contributed by atoms with van der Waals surface area (Å²) in [6.45, 7) is 2.23. The highest BCUT2D eigenvalue weighted by molar-refractivity contribution is 5.96. The molecule has 1 saturated carbocycles. The molecular weight excluding hydrogens is 298 g/mol. The molecule has 1 aromatic rings. The first kappa shape index (κ1) is 15.9. The number of hydrogen-bond donors (Lipinski definition) is 1. The van der Waals surface area contributed by atoms with E-state index in [1.54, 1.807) is 0 Å². The molecule has 2 fully saturated rings. The molecule has 3 aliphatic rings. The number of carbonyl (C=O) groups excluding carboxylic acids is 1. The molecule has 130 valence electrons. The second kappa shape index (κ2) is 7.12. The summed E-state index contributed by atoms with van der Waals surface area (Å²) >= 11 is 0. The normalized spacial score (nSPS) is 21.6. The van der Waals surface area contributed by atoms with E-state index in [2.05, 4.69) is 15.2 Å². The van der Waals surface area contributed by atoms with Crippen molar-refractivity contribution < 1.29 is 4.79 Å². The fourth-order valence-electron chi connectivity index (χ4n) is 4.66. The highest BCUT2D eigenvalue weighted by atomic mass is 16.1. The highest BCUT2D eigenvalue weighted by Crippen LogP contribution is 2.38. The van der Waals surface area contributed by atoms with Crippen LogP contribution in [0, 0.1) is 5.92 Å². The van der Waals surface area contributed by atoms with Crippen molar-refractivity contribution in [3.8, 4) is 0 Å². The lowest BCUT2D eigenvalue weighted by atomic mass is 9.88. The topological polar surface area (TPSA) is 45.2 Å². The van der Waals surface area contributed by atoms with Crippen LogP contribution in [0.2, 0.25) is 0 Å². The van der Waals surface area contributed by atoms with Crippen LogP contribution in [-0.2, 0) is 17.6 Å². The van der Waals surface area contributed by atoms with Crippen LogP contribution in [0.3, 0.4) is 0 Å². The number of anilines is 2. The lowest BCUT2D eigenvalue weighted by molar-refractivity contribution is -0.120. The SMILES string of the molecule is O=C(Nc1cnc2c(c1N1CCCCC1)CCC2)C1CCCCC1. The third-order valence-corrected chi connectivity index (χ3v) is 5.99. The molecule has 0 bridgehead atoms. The van der Waals surface area contributed by atoms with Crippen LogP contribution >= 0.6 is 0 Å².